The zero-order valence-electron chi connectivity index (χ0n) is 14.4. The van der Waals surface area contributed by atoms with Crippen LogP contribution in [0.4, 0.5) is 0 Å². The van der Waals surface area contributed by atoms with Crippen LogP contribution in [-0.2, 0) is 0 Å². The predicted octanol–water partition coefficient (Wildman–Crippen LogP) is 5.92. The average Bonchev–Trinajstić information content (AvgIpc) is 3.24. The van der Waals surface area contributed by atoms with Crippen LogP contribution in [0.15, 0.2) is 60.5 Å². The maximum atomic E-state index is 4.90. The molecule has 2 nitrogen and oxygen atoms in total. The van der Waals surface area contributed by atoms with Gasteiger partial charge in [0.1, 0.15) is 5.01 Å². The van der Waals surface area contributed by atoms with Crippen molar-refractivity contribution in [3.63, 3.8) is 0 Å². The number of rotatable bonds is 2. The smallest absolute Gasteiger partial charge is 0.110 e. The van der Waals surface area contributed by atoms with E-state index < -0.39 is 0 Å². The third-order valence-corrected chi connectivity index (χ3v) is 5.32. The number of fused-ring (bicyclic) bond motifs is 1. The van der Waals surface area contributed by atoms with Crippen LogP contribution in [0.5, 0.6) is 0 Å². The second-order valence-electron chi connectivity index (χ2n) is 6.18. The summed E-state index contributed by atoms with van der Waals surface area (Å²) in [6.07, 6.45) is 4.27. The summed E-state index contributed by atoms with van der Waals surface area (Å²) < 4.78 is 0. The molecule has 4 rings (SSSR count). The Morgan fingerprint density at radius 3 is 2.67 bits per heavy atom. The van der Waals surface area contributed by atoms with E-state index >= 15 is 0 Å². The molecule has 1 atom stereocenters. The lowest BCUT2D eigenvalue weighted by Gasteiger charge is -2.16. The molecule has 0 saturated carbocycles. The Labute approximate surface area is 148 Å². The van der Waals surface area contributed by atoms with Gasteiger partial charge in [0.2, 0.25) is 0 Å². The lowest BCUT2D eigenvalue weighted by molar-refractivity contribution is 0.317. The van der Waals surface area contributed by atoms with E-state index in [9.17, 15) is 0 Å². The van der Waals surface area contributed by atoms with E-state index in [4.69, 9.17) is 4.98 Å². The minimum atomic E-state index is 0.518. The second-order valence-corrected chi connectivity index (χ2v) is 7.07. The van der Waals surface area contributed by atoms with Gasteiger partial charge in [0.25, 0.3) is 0 Å². The number of likely N-dealkylation sites (tertiary alicyclic amines) is 1. The van der Waals surface area contributed by atoms with Crippen molar-refractivity contribution in [3.05, 3.63) is 65.5 Å². The summed E-state index contributed by atoms with van der Waals surface area (Å²) in [5.74, 6) is 0. The molecule has 2 aromatic carbocycles. The molecule has 0 bridgehead atoms. The molecule has 1 aromatic heterocycles. The van der Waals surface area contributed by atoms with Crippen molar-refractivity contribution in [2.24, 2.45) is 0 Å². The Morgan fingerprint density at radius 1 is 1.21 bits per heavy atom. The molecule has 2 heterocycles. The Kier molecular flexibility index (Phi) is 5.44. The van der Waals surface area contributed by atoms with E-state index in [1.165, 1.54) is 40.7 Å². The van der Waals surface area contributed by atoms with Gasteiger partial charge >= 0.3 is 0 Å². The molecule has 0 aliphatic carbocycles. The molecule has 124 valence electrons. The molecule has 3 aromatic rings. The van der Waals surface area contributed by atoms with Crippen molar-refractivity contribution in [2.45, 2.75) is 25.8 Å². The first kappa shape index (κ1) is 16.9. The molecule has 0 amide bonds. The molecule has 0 N–H and O–H groups in total. The van der Waals surface area contributed by atoms with Crippen LogP contribution in [-0.4, -0.2) is 23.5 Å². The number of hydrogen-bond donors (Lipinski definition) is 0. The van der Waals surface area contributed by atoms with Crippen molar-refractivity contribution in [1.29, 1.82) is 0 Å². The summed E-state index contributed by atoms with van der Waals surface area (Å²) in [7, 11) is 2.20. The van der Waals surface area contributed by atoms with Crippen molar-refractivity contribution in [1.82, 2.24) is 9.88 Å². The van der Waals surface area contributed by atoms with Crippen LogP contribution < -0.4 is 0 Å². The van der Waals surface area contributed by atoms with Crippen LogP contribution in [0.3, 0.4) is 0 Å². The molecule has 1 saturated heterocycles. The van der Waals surface area contributed by atoms with Gasteiger partial charge in [0.05, 0.1) is 11.7 Å². The molecular weight excluding hydrogens is 312 g/mol. The number of nitrogens with zero attached hydrogens (tertiary/aromatic N) is 2. The van der Waals surface area contributed by atoms with E-state index in [2.05, 4.69) is 66.4 Å². The van der Waals surface area contributed by atoms with Crippen LogP contribution in [0.1, 0.15) is 30.8 Å². The normalized spacial score (nSPS) is 17.5. The van der Waals surface area contributed by atoms with Gasteiger partial charge in [-0.15, -0.1) is 17.9 Å². The summed E-state index contributed by atoms with van der Waals surface area (Å²) in [6, 6.07) is 15.6. The summed E-state index contributed by atoms with van der Waals surface area (Å²) in [4.78, 5) is 7.32. The molecular formula is C21H24N2S. The third-order valence-electron chi connectivity index (χ3n) is 4.37. The maximum absolute atomic E-state index is 4.90. The van der Waals surface area contributed by atoms with Gasteiger partial charge in [0, 0.05) is 10.9 Å². The standard InChI is InChI=1S/C18H18N2S.C3H6/c1-20-10-4-7-17(20)18-19-16(12-21-18)15-9-8-13-5-2-3-6-14(13)11-15;1-3-2/h2-3,5-6,8-9,11-12,17H,4,7,10H2,1H3;3H,1H2,2H3. The van der Waals surface area contributed by atoms with E-state index in [-0.39, 0.29) is 0 Å². The first-order chi connectivity index (χ1) is 11.7. The summed E-state index contributed by atoms with van der Waals surface area (Å²) in [5, 5.41) is 6.03. The third kappa shape index (κ3) is 3.58. The van der Waals surface area contributed by atoms with E-state index in [0.717, 1.165) is 5.69 Å². The quantitative estimate of drug-likeness (QED) is 0.540. The minimum Gasteiger partial charge on any atom is -0.297 e. The number of aromatic nitrogens is 1. The number of allylic oxidation sites excluding steroid dienone is 1. The van der Waals surface area contributed by atoms with Gasteiger partial charge in [-0.25, -0.2) is 4.98 Å². The van der Waals surface area contributed by atoms with E-state index in [1.807, 2.05) is 6.92 Å². The monoisotopic (exact) mass is 336 g/mol. The lowest BCUT2D eigenvalue weighted by atomic mass is 10.1. The molecule has 3 heteroatoms. The molecule has 1 aliphatic rings. The Bertz CT molecular complexity index is 821. The Morgan fingerprint density at radius 2 is 1.96 bits per heavy atom. The molecule has 1 fully saturated rings. The summed E-state index contributed by atoms with van der Waals surface area (Å²) >= 11 is 1.80. The first-order valence-electron chi connectivity index (χ1n) is 8.45. The van der Waals surface area contributed by atoms with Gasteiger partial charge in [-0.1, -0.05) is 42.5 Å². The molecule has 1 aliphatic heterocycles. The van der Waals surface area contributed by atoms with Gasteiger partial charge in [-0.3, -0.25) is 4.90 Å². The summed E-state index contributed by atoms with van der Waals surface area (Å²) in [6.45, 7) is 6.44. The fraction of sp³-hybridized carbons (Fsp3) is 0.286. The highest BCUT2D eigenvalue weighted by Crippen LogP contribution is 2.34. The van der Waals surface area contributed by atoms with E-state index in [0.29, 0.717) is 6.04 Å². The molecule has 1 unspecified atom stereocenters. The fourth-order valence-corrected chi connectivity index (χ4v) is 4.17. The lowest BCUT2D eigenvalue weighted by Crippen LogP contribution is -2.17. The Hall–Kier alpha value is -1.97. The van der Waals surface area contributed by atoms with Crippen LogP contribution in [0, 0.1) is 0 Å². The van der Waals surface area contributed by atoms with Crippen molar-refractivity contribution >= 4 is 22.1 Å². The predicted molar refractivity (Wildman–Crippen MR) is 106 cm³/mol. The highest BCUT2D eigenvalue weighted by Gasteiger charge is 2.25. The zero-order valence-corrected chi connectivity index (χ0v) is 15.2. The highest BCUT2D eigenvalue weighted by atomic mass is 32.1. The molecule has 0 radical (unpaired) electrons. The van der Waals surface area contributed by atoms with Gasteiger partial charge < -0.3 is 0 Å². The average molecular weight is 337 g/mol. The molecule has 0 spiro atoms. The van der Waals surface area contributed by atoms with Crippen molar-refractivity contribution in [2.75, 3.05) is 13.6 Å². The number of hydrogen-bond acceptors (Lipinski definition) is 3. The molecule has 24 heavy (non-hydrogen) atoms. The van der Waals surface area contributed by atoms with E-state index in [1.54, 1.807) is 17.4 Å². The Balaban J connectivity index is 0.000000526. The maximum Gasteiger partial charge on any atom is 0.110 e. The van der Waals surface area contributed by atoms with Crippen molar-refractivity contribution < 1.29 is 0 Å². The first-order valence-corrected chi connectivity index (χ1v) is 9.32. The number of thiazole rings is 1. The topological polar surface area (TPSA) is 16.1 Å². The fourth-order valence-electron chi connectivity index (χ4n) is 3.14. The SMILES string of the molecule is C=CC.CN1CCCC1c1nc(-c2ccc3ccccc3c2)cs1. The van der Waals surface area contributed by atoms with Crippen LogP contribution in [0.2, 0.25) is 0 Å². The van der Waals surface area contributed by atoms with Crippen LogP contribution >= 0.6 is 11.3 Å². The van der Waals surface area contributed by atoms with Gasteiger partial charge in [-0.2, -0.15) is 0 Å². The minimum absolute atomic E-state index is 0.518. The van der Waals surface area contributed by atoms with Crippen LogP contribution in [0.25, 0.3) is 22.0 Å². The van der Waals surface area contributed by atoms with Gasteiger partial charge in [0.15, 0.2) is 0 Å². The number of benzene rings is 2. The summed E-state index contributed by atoms with van der Waals surface area (Å²) in [5.41, 5.74) is 2.33. The largest absolute Gasteiger partial charge is 0.297 e. The second kappa shape index (κ2) is 7.73. The highest BCUT2D eigenvalue weighted by molar-refractivity contribution is 7.10. The van der Waals surface area contributed by atoms with Crippen molar-refractivity contribution in [3.8, 4) is 11.3 Å². The zero-order chi connectivity index (χ0) is 16.9. The van der Waals surface area contributed by atoms with Gasteiger partial charge in [-0.05, 0) is 50.2 Å².